The summed E-state index contributed by atoms with van der Waals surface area (Å²) in [5, 5.41) is 42.4. The van der Waals surface area contributed by atoms with Crippen molar-refractivity contribution in [1.82, 2.24) is 40.3 Å². The molecule has 6 aromatic rings. The van der Waals surface area contributed by atoms with Crippen LogP contribution < -0.4 is 22.1 Å². The molecule has 0 aliphatic carbocycles. The number of nitrogen functional groups attached to an aromatic ring is 2. The fourth-order valence-electron chi connectivity index (χ4n) is 7.67. The van der Waals surface area contributed by atoms with E-state index in [2.05, 4.69) is 51.0 Å². The van der Waals surface area contributed by atoms with Gasteiger partial charge in [0, 0.05) is 47.1 Å². The second kappa shape index (κ2) is 12.2. The summed E-state index contributed by atoms with van der Waals surface area (Å²) in [7, 11) is 0. The molecular formula is C34H36N12O4. The third kappa shape index (κ3) is 5.61. The molecule has 256 valence electrons. The van der Waals surface area contributed by atoms with Gasteiger partial charge in [0.2, 0.25) is 11.9 Å². The molecule has 8 atom stereocenters. The van der Waals surface area contributed by atoms with Crippen molar-refractivity contribution in [3.63, 3.8) is 0 Å². The van der Waals surface area contributed by atoms with Crippen molar-refractivity contribution in [2.75, 3.05) is 22.1 Å². The van der Waals surface area contributed by atoms with Crippen molar-refractivity contribution in [1.29, 1.82) is 0 Å². The van der Waals surface area contributed by atoms with Gasteiger partial charge in [0.1, 0.15) is 17.7 Å². The summed E-state index contributed by atoms with van der Waals surface area (Å²) < 4.78 is 11.6. The van der Waals surface area contributed by atoms with Gasteiger partial charge in [-0.25, -0.2) is 9.97 Å². The molecule has 4 fully saturated rings. The summed E-state index contributed by atoms with van der Waals surface area (Å²) >= 11 is 0. The normalized spacial score (nSPS) is 27.9. The summed E-state index contributed by atoms with van der Waals surface area (Å²) in [4.78, 5) is 17.5. The molecule has 16 heteroatoms. The first-order valence-electron chi connectivity index (χ1n) is 16.7. The second-order valence-corrected chi connectivity index (χ2v) is 13.3. The summed E-state index contributed by atoms with van der Waals surface area (Å²) in [5.74, 6) is 1.81. The lowest BCUT2D eigenvalue weighted by atomic mass is 9.93. The minimum absolute atomic E-state index is 0.00973. The van der Waals surface area contributed by atoms with Crippen LogP contribution in [0.25, 0.3) is 44.3 Å². The summed E-state index contributed by atoms with van der Waals surface area (Å²) in [6.07, 6.45) is 5.49. The van der Waals surface area contributed by atoms with Gasteiger partial charge in [-0.15, -0.1) is 0 Å². The van der Waals surface area contributed by atoms with Gasteiger partial charge in [-0.3, -0.25) is 10.2 Å². The zero-order chi connectivity index (χ0) is 33.9. The Morgan fingerprint density at radius 2 is 1.24 bits per heavy atom. The number of aliphatic hydroxyl groups excluding tert-OH is 2. The Morgan fingerprint density at radius 1 is 0.640 bits per heavy atom. The summed E-state index contributed by atoms with van der Waals surface area (Å²) in [6, 6.07) is 15.8. The van der Waals surface area contributed by atoms with Crippen LogP contribution in [0.4, 0.5) is 23.5 Å². The number of hydrogen-bond donors (Lipinski definition) is 8. The van der Waals surface area contributed by atoms with Crippen LogP contribution in [0.2, 0.25) is 0 Å². The molecule has 0 amide bonds. The highest BCUT2D eigenvalue weighted by atomic mass is 16.5. The van der Waals surface area contributed by atoms with Gasteiger partial charge >= 0.3 is 0 Å². The Labute approximate surface area is 285 Å². The zero-order valence-electron chi connectivity index (χ0n) is 26.8. The lowest BCUT2D eigenvalue weighted by molar-refractivity contribution is 0.0493. The van der Waals surface area contributed by atoms with Gasteiger partial charge in [-0.1, -0.05) is 12.1 Å². The van der Waals surface area contributed by atoms with E-state index in [1.165, 1.54) is 0 Å². The first kappa shape index (κ1) is 30.6. The number of fused-ring (bicyclic) bond motifs is 6. The van der Waals surface area contributed by atoms with Crippen LogP contribution in [0, 0.1) is 0 Å². The number of aliphatic hydroxyl groups is 2. The van der Waals surface area contributed by atoms with Crippen LogP contribution in [0.1, 0.15) is 25.7 Å². The van der Waals surface area contributed by atoms with Crippen molar-refractivity contribution in [2.45, 2.75) is 74.4 Å². The molecule has 4 saturated heterocycles. The molecule has 0 spiro atoms. The molecule has 50 heavy (non-hydrogen) atoms. The highest BCUT2D eigenvalue weighted by Crippen LogP contribution is 2.39. The standard InChI is InChI=1S/2C17H18N6O2/c18-17-21-12-5-8(11-3-4-19-23-11)1-2-10(12)16(22-17)20-13-6-9-7-14(24)15(13)25-9;18-17-21-11-5-8(10-3-4-19-23-10)1-2-9(11)16(22-17)20-12-6-15-13(24)7-14(12)25-15/h1-5,9,13-15,24H,6-7H2,(H,19,23)(H3,18,20,21,22);1-5,12-15,24H,6-7H2,(H,19,23)(H3,18,20,21,22)/t9-,13+,14-,15+;12-,13-,14+,15+/m01/s1. The van der Waals surface area contributed by atoms with Crippen LogP contribution in [0.5, 0.6) is 0 Å². The Hall–Kier alpha value is -5.42. The van der Waals surface area contributed by atoms with E-state index < -0.39 is 6.10 Å². The fraction of sp³-hybridized carbons (Fsp3) is 0.353. The van der Waals surface area contributed by atoms with E-state index in [0.717, 1.165) is 57.2 Å². The number of benzene rings is 2. The van der Waals surface area contributed by atoms with Crippen LogP contribution >= 0.6 is 0 Å². The van der Waals surface area contributed by atoms with E-state index in [1.54, 1.807) is 12.4 Å². The van der Waals surface area contributed by atoms with Crippen LogP contribution in [0.3, 0.4) is 0 Å². The Kier molecular flexibility index (Phi) is 7.45. The third-order valence-corrected chi connectivity index (χ3v) is 10.0. The van der Waals surface area contributed by atoms with Crippen molar-refractivity contribution >= 4 is 45.3 Å². The third-order valence-electron chi connectivity index (χ3n) is 10.0. The van der Waals surface area contributed by atoms with Crippen molar-refractivity contribution in [3.05, 3.63) is 60.9 Å². The Bertz CT molecular complexity index is 2160. The molecule has 8 heterocycles. The molecule has 2 aromatic carbocycles. The number of nitrogens with zero attached hydrogens (tertiary/aromatic N) is 6. The van der Waals surface area contributed by atoms with Gasteiger partial charge in [0.15, 0.2) is 0 Å². The van der Waals surface area contributed by atoms with Crippen molar-refractivity contribution in [3.8, 4) is 22.5 Å². The number of ether oxygens (including phenoxy) is 2. The van der Waals surface area contributed by atoms with E-state index >= 15 is 0 Å². The number of nitrogens with one attached hydrogen (secondary N) is 4. The molecule has 0 radical (unpaired) electrons. The van der Waals surface area contributed by atoms with Gasteiger partial charge in [0.25, 0.3) is 0 Å². The molecule has 10 N–H and O–H groups in total. The second-order valence-electron chi connectivity index (χ2n) is 13.3. The molecule has 4 aliphatic heterocycles. The molecule has 4 aromatic heterocycles. The molecular weight excluding hydrogens is 640 g/mol. The van der Waals surface area contributed by atoms with E-state index in [9.17, 15) is 10.2 Å². The Morgan fingerprint density at radius 3 is 1.72 bits per heavy atom. The summed E-state index contributed by atoms with van der Waals surface area (Å²) in [6.45, 7) is 0. The van der Waals surface area contributed by atoms with Gasteiger partial charge in [-0.05, 0) is 49.2 Å². The first-order valence-corrected chi connectivity index (χ1v) is 16.7. The molecule has 10 rings (SSSR count). The predicted molar refractivity (Wildman–Crippen MR) is 186 cm³/mol. The number of H-pyrrole nitrogens is 2. The maximum atomic E-state index is 10.0. The number of aromatic amines is 2. The maximum Gasteiger partial charge on any atom is 0.222 e. The molecule has 4 bridgehead atoms. The Balaban J connectivity index is 0.000000135. The molecule has 0 unspecified atom stereocenters. The number of anilines is 4. The summed E-state index contributed by atoms with van der Waals surface area (Å²) in [5.41, 5.74) is 17.1. The number of aromatic nitrogens is 8. The van der Waals surface area contributed by atoms with E-state index in [1.807, 2.05) is 48.5 Å². The zero-order valence-corrected chi connectivity index (χ0v) is 26.8. The van der Waals surface area contributed by atoms with Crippen molar-refractivity contribution < 1.29 is 19.7 Å². The van der Waals surface area contributed by atoms with Crippen LogP contribution in [-0.2, 0) is 9.47 Å². The topological polar surface area (TPSA) is 244 Å². The number of nitrogens with two attached hydrogens (primary N) is 2. The fourth-order valence-corrected chi connectivity index (χ4v) is 7.67. The van der Waals surface area contributed by atoms with Crippen molar-refractivity contribution in [2.24, 2.45) is 0 Å². The largest absolute Gasteiger partial charge is 0.390 e. The monoisotopic (exact) mass is 676 g/mol. The minimum atomic E-state index is -0.423. The maximum absolute atomic E-state index is 10.0. The quantitative estimate of drug-likeness (QED) is 0.126. The smallest absolute Gasteiger partial charge is 0.222 e. The van der Waals surface area contributed by atoms with E-state index in [-0.39, 0.29) is 54.5 Å². The first-order chi connectivity index (χ1) is 24.3. The molecule has 4 aliphatic rings. The van der Waals surface area contributed by atoms with E-state index in [0.29, 0.717) is 24.5 Å². The molecule has 16 nitrogen and oxygen atoms in total. The van der Waals surface area contributed by atoms with Crippen LogP contribution in [-0.4, -0.2) is 99.3 Å². The SMILES string of the molecule is Nc1nc(N[C@@H]2C[C@@H]3O[C@H]2C[C@H]3O)c2ccc(-c3ccn[nH]3)cc2n1.Nc1nc(N[C@@H]2C[C@H]3C[C@H](O)[C@@H]2O3)c2ccc(-c3ccn[nH]3)cc2n1. The number of hydrogen-bond acceptors (Lipinski definition) is 14. The van der Waals surface area contributed by atoms with Gasteiger partial charge < -0.3 is 41.8 Å². The minimum Gasteiger partial charge on any atom is -0.390 e. The van der Waals surface area contributed by atoms with Crippen LogP contribution in [0.15, 0.2) is 60.9 Å². The number of rotatable bonds is 6. The highest BCUT2D eigenvalue weighted by Gasteiger charge is 2.48. The lowest BCUT2D eigenvalue weighted by Crippen LogP contribution is -2.39. The average molecular weight is 677 g/mol. The lowest BCUT2D eigenvalue weighted by Gasteiger charge is -2.25. The molecule has 0 saturated carbocycles. The average Bonchev–Trinajstić information content (AvgIpc) is 3.95. The predicted octanol–water partition coefficient (Wildman–Crippen LogP) is 2.61. The van der Waals surface area contributed by atoms with Gasteiger partial charge in [0.05, 0.1) is 65.0 Å². The highest BCUT2D eigenvalue weighted by molar-refractivity contribution is 5.93. The van der Waals surface area contributed by atoms with E-state index in [4.69, 9.17) is 20.9 Å². The van der Waals surface area contributed by atoms with Gasteiger partial charge in [-0.2, -0.15) is 20.2 Å².